The van der Waals surface area contributed by atoms with Gasteiger partial charge in [0.1, 0.15) is 5.82 Å². The molecule has 0 aromatic carbocycles. The van der Waals surface area contributed by atoms with Crippen molar-refractivity contribution in [2.45, 2.75) is 38.0 Å². The summed E-state index contributed by atoms with van der Waals surface area (Å²) in [5, 5.41) is 6.36. The summed E-state index contributed by atoms with van der Waals surface area (Å²) < 4.78 is 0. The van der Waals surface area contributed by atoms with Crippen molar-refractivity contribution in [2.24, 2.45) is 5.41 Å². The third-order valence-electron chi connectivity index (χ3n) is 5.46. The first-order valence-electron chi connectivity index (χ1n) is 8.47. The number of nitrogens with one attached hydrogen (secondary N) is 2. The molecule has 118 valence electrons. The Hall–Kier alpha value is -1.62. The van der Waals surface area contributed by atoms with E-state index in [0.29, 0.717) is 17.2 Å². The molecule has 0 unspecified atom stereocenters. The van der Waals surface area contributed by atoms with Crippen LogP contribution in [0.1, 0.15) is 43.6 Å². The van der Waals surface area contributed by atoms with Crippen molar-refractivity contribution >= 4 is 11.8 Å². The van der Waals surface area contributed by atoms with Gasteiger partial charge in [-0.05, 0) is 68.2 Å². The van der Waals surface area contributed by atoms with Gasteiger partial charge in [-0.1, -0.05) is 6.07 Å². The fraction of sp³-hybridized carbons (Fsp3) is 0.647. The molecule has 0 atom stereocenters. The molecule has 0 radical (unpaired) electrons. The van der Waals surface area contributed by atoms with Crippen LogP contribution in [0.15, 0.2) is 18.3 Å². The van der Waals surface area contributed by atoms with Crippen molar-refractivity contribution < 1.29 is 4.79 Å². The third kappa shape index (κ3) is 2.82. The highest BCUT2D eigenvalue weighted by atomic mass is 16.2. The zero-order chi connectivity index (χ0) is 15.0. The number of carbonyl (C=O) groups is 1. The molecule has 3 fully saturated rings. The Kier molecular flexibility index (Phi) is 3.53. The van der Waals surface area contributed by atoms with Crippen LogP contribution in [-0.2, 0) is 0 Å². The minimum atomic E-state index is 0.00193. The maximum Gasteiger partial charge on any atom is 0.323 e. The quantitative estimate of drug-likeness (QED) is 0.882. The van der Waals surface area contributed by atoms with Gasteiger partial charge in [-0.3, -0.25) is 5.32 Å². The minimum Gasteiger partial charge on any atom is -0.324 e. The molecule has 1 aromatic heterocycles. The molecular formula is C17H24N4O. The summed E-state index contributed by atoms with van der Waals surface area (Å²) in [6.45, 7) is 3.92. The van der Waals surface area contributed by atoms with Crippen LogP contribution in [-0.4, -0.2) is 42.1 Å². The number of urea groups is 1. The molecule has 22 heavy (non-hydrogen) atoms. The molecule has 5 heteroatoms. The number of rotatable bonds is 2. The average Bonchev–Trinajstić information content (AvgIpc) is 3.32. The predicted octanol–water partition coefficient (Wildman–Crippen LogP) is 2.57. The van der Waals surface area contributed by atoms with Gasteiger partial charge in [0.25, 0.3) is 0 Å². The monoisotopic (exact) mass is 300 g/mol. The third-order valence-corrected chi connectivity index (χ3v) is 5.46. The van der Waals surface area contributed by atoms with E-state index in [4.69, 9.17) is 0 Å². The van der Waals surface area contributed by atoms with E-state index in [2.05, 4.69) is 21.7 Å². The van der Waals surface area contributed by atoms with Gasteiger partial charge < -0.3 is 10.2 Å². The fourth-order valence-electron chi connectivity index (χ4n) is 3.80. The second-order valence-electron chi connectivity index (χ2n) is 7.10. The second kappa shape index (κ2) is 5.54. The lowest BCUT2D eigenvalue weighted by Crippen LogP contribution is -2.40. The number of amides is 2. The molecule has 5 nitrogen and oxygen atoms in total. The predicted molar refractivity (Wildman–Crippen MR) is 86.0 cm³/mol. The molecule has 1 saturated carbocycles. The van der Waals surface area contributed by atoms with Gasteiger partial charge in [0.2, 0.25) is 0 Å². The van der Waals surface area contributed by atoms with E-state index >= 15 is 0 Å². The molecule has 3 heterocycles. The highest BCUT2D eigenvalue weighted by Crippen LogP contribution is 2.40. The van der Waals surface area contributed by atoms with E-state index < -0.39 is 0 Å². The van der Waals surface area contributed by atoms with Crippen LogP contribution in [0, 0.1) is 5.41 Å². The lowest BCUT2D eigenvalue weighted by molar-refractivity contribution is 0.191. The van der Waals surface area contributed by atoms with Crippen LogP contribution in [0.2, 0.25) is 0 Å². The normalized spacial score (nSPS) is 23.7. The van der Waals surface area contributed by atoms with Crippen molar-refractivity contribution in [1.29, 1.82) is 0 Å². The average molecular weight is 300 g/mol. The Morgan fingerprint density at radius 3 is 2.77 bits per heavy atom. The first-order chi connectivity index (χ1) is 10.7. The van der Waals surface area contributed by atoms with Crippen molar-refractivity contribution in [3.05, 3.63) is 23.9 Å². The van der Waals surface area contributed by atoms with Crippen LogP contribution < -0.4 is 10.6 Å². The van der Waals surface area contributed by atoms with Gasteiger partial charge in [0, 0.05) is 19.3 Å². The van der Waals surface area contributed by atoms with Crippen LogP contribution in [0.3, 0.4) is 0 Å². The van der Waals surface area contributed by atoms with Gasteiger partial charge in [0.05, 0.1) is 0 Å². The number of nitrogens with zero attached hydrogens (tertiary/aromatic N) is 2. The zero-order valence-corrected chi connectivity index (χ0v) is 13.0. The van der Waals surface area contributed by atoms with E-state index in [1.807, 2.05) is 17.2 Å². The zero-order valence-electron chi connectivity index (χ0n) is 13.0. The molecule has 3 aliphatic rings. The van der Waals surface area contributed by atoms with Gasteiger partial charge >= 0.3 is 6.03 Å². The lowest BCUT2D eigenvalue weighted by Gasteiger charge is -2.33. The summed E-state index contributed by atoms with van der Waals surface area (Å²) in [7, 11) is 0. The number of hydrogen-bond donors (Lipinski definition) is 2. The van der Waals surface area contributed by atoms with Gasteiger partial charge in [0.15, 0.2) is 0 Å². The van der Waals surface area contributed by atoms with Crippen LogP contribution in [0.25, 0.3) is 0 Å². The molecule has 2 N–H and O–H groups in total. The number of likely N-dealkylation sites (tertiary alicyclic amines) is 1. The Balaban J connectivity index is 1.35. The SMILES string of the molecule is O=C(Nc1ccc(C2CC2)cn1)N1CCC2(CCNCC2)C1. The topological polar surface area (TPSA) is 57.3 Å². The molecular weight excluding hydrogens is 276 g/mol. The first-order valence-corrected chi connectivity index (χ1v) is 8.47. The Labute approximate surface area is 131 Å². The van der Waals surface area contributed by atoms with E-state index in [1.165, 1.54) is 31.2 Å². The number of piperidine rings is 1. The smallest absolute Gasteiger partial charge is 0.323 e. The maximum atomic E-state index is 12.4. The van der Waals surface area contributed by atoms with Crippen LogP contribution in [0.5, 0.6) is 0 Å². The summed E-state index contributed by atoms with van der Waals surface area (Å²) in [6, 6.07) is 4.03. The molecule has 1 aromatic rings. The summed E-state index contributed by atoms with van der Waals surface area (Å²) in [6.07, 6.45) is 7.97. The summed E-state index contributed by atoms with van der Waals surface area (Å²) >= 11 is 0. The van der Waals surface area contributed by atoms with Gasteiger partial charge in [-0.25, -0.2) is 9.78 Å². The number of anilines is 1. The number of hydrogen-bond acceptors (Lipinski definition) is 3. The van der Waals surface area contributed by atoms with E-state index in [9.17, 15) is 4.79 Å². The van der Waals surface area contributed by atoms with Crippen LogP contribution in [0.4, 0.5) is 10.6 Å². The second-order valence-corrected chi connectivity index (χ2v) is 7.10. The Bertz CT molecular complexity index is 546. The Morgan fingerprint density at radius 1 is 1.27 bits per heavy atom. The molecule has 2 aliphatic heterocycles. The molecule has 1 spiro atoms. The molecule has 4 rings (SSSR count). The van der Waals surface area contributed by atoms with Crippen molar-refractivity contribution in [3.63, 3.8) is 0 Å². The molecule has 2 amide bonds. The fourth-order valence-corrected chi connectivity index (χ4v) is 3.80. The lowest BCUT2D eigenvalue weighted by atomic mass is 9.78. The van der Waals surface area contributed by atoms with E-state index in [-0.39, 0.29) is 6.03 Å². The highest BCUT2D eigenvalue weighted by Gasteiger charge is 2.40. The summed E-state index contributed by atoms with van der Waals surface area (Å²) in [5.41, 5.74) is 1.65. The molecule has 2 saturated heterocycles. The van der Waals surface area contributed by atoms with E-state index in [0.717, 1.165) is 32.6 Å². The van der Waals surface area contributed by atoms with Crippen LogP contribution >= 0.6 is 0 Å². The number of carbonyl (C=O) groups excluding carboxylic acids is 1. The van der Waals surface area contributed by atoms with Crippen molar-refractivity contribution in [3.8, 4) is 0 Å². The van der Waals surface area contributed by atoms with Gasteiger partial charge in [-0.2, -0.15) is 0 Å². The minimum absolute atomic E-state index is 0.00193. The van der Waals surface area contributed by atoms with Crippen molar-refractivity contribution in [2.75, 3.05) is 31.5 Å². The number of aromatic nitrogens is 1. The molecule has 0 bridgehead atoms. The van der Waals surface area contributed by atoms with Crippen molar-refractivity contribution in [1.82, 2.24) is 15.2 Å². The highest BCUT2D eigenvalue weighted by molar-refractivity contribution is 5.88. The largest absolute Gasteiger partial charge is 0.324 e. The standard InChI is InChI=1S/C17H24N4O/c22-16(20-15-4-3-14(11-19-15)13-1-2-13)21-10-7-17(12-21)5-8-18-9-6-17/h3-4,11,13,18H,1-2,5-10,12H2,(H,19,20,22). The van der Waals surface area contributed by atoms with Gasteiger partial charge in [-0.15, -0.1) is 0 Å². The summed E-state index contributed by atoms with van der Waals surface area (Å²) in [5.74, 6) is 1.37. The van der Waals surface area contributed by atoms with E-state index in [1.54, 1.807) is 0 Å². The maximum absolute atomic E-state index is 12.4. The summed E-state index contributed by atoms with van der Waals surface area (Å²) in [4.78, 5) is 18.8. The Morgan fingerprint density at radius 2 is 2.09 bits per heavy atom. The first kappa shape index (κ1) is 14.0. The number of pyridine rings is 1. The molecule has 1 aliphatic carbocycles.